The Morgan fingerprint density at radius 2 is 2.06 bits per heavy atom. The molecule has 2 N–H and O–H groups in total. The van der Waals surface area contributed by atoms with Gasteiger partial charge in [-0.15, -0.1) is 0 Å². The van der Waals surface area contributed by atoms with Crippen LogP contribution in [0.2, 0.25) is 0 Å². The van der Waals surface area contributed by atoms with Crippen molar-refractivity contribution in [3.8, 4) is 16.9 Å². The van der Waals surface area contributed by atoms with E-state index in [0.29, 0.717) is 34.7 Å². The SMILES string of the molecule is CCOc1c(-c2cccc(F)c2)ccc(C(=O)N(C)Cc2c[n+](O)c(C)c3cn[nH]c23)c1C. The summed E-state index contributed by atoms with van der Waals surface area (Å²) in [6.07, 6.45) is 3.22. The van der Waals surface area contributed by atoms with Gasteiger partial charge in [-0.3, -0.25) is 15.1 Å². The summed E-state index contributed by atoms with van der Waals surface area (Å²) in [6, 6.07) is 9.82. The smallest absolute Gasteiger partial charge is 0.254 e. The number of amides is 1. The second-order valence-electron chi connectivity index (χ2n) is 7.96. The van der Waals surface area contributed by atoms with Crippen LogP contribution < -0.4 is 9.47 Å². The number of carbonyl (C=O) groups excluding carboxylic acids is 1. The molecule has 0 aliphatic carbocycles. The number of aryl methyl sites for hydroxylation is 1. The number of carbonyl (C=O) groups is 1. The molecule has 0 unspecified atom stereocenters. The second kappa shape index (κ2) is 8.90. The molecule has 0 radical (unpaired) electrons. The topological polar surface area (TPSA) is 82.3 Å². The number of nitrogens with zero attached hydrogens (tertiary/aromatic N) is 3. The number of rotatable bonds is 6. The molecule has 2 aromatic heterocycles. The van der Waals surface area contributed by atoms with Crippen LogP contribution in [-0.4, -0.2) is 39.9 Å². The monoisotopic (exact) mass is 449 g/mol. The summed E-state index contributed by atoms with van der Waals surface area (Å²) in [5.41, 5.74) is 4.74. The maximum atomic E-state index is 13.8. The van der Waals surface area contributed by atoms with Crippen molar-refractivity contribution in [2.45, 2.75) is 27.3 Å². The van der Waals surface area contributed by atoms with Gasteiger partial charge in [-0.25, -0.2) is 4.39 Å². The van der Waals surface area contributed by atoms with Crippen molar-refractivity contribution < 1.29 is 23.9 Å². The van der Waals surface area contributed by atoms with Crippen LogP contribution in [-0.2, 0) is 6.54 Å². The van der Waals surface area contributed by atoms with Gasteiger partial charge in [0.15, 0.2) is 0 Å². The molecule has 0 fully saturated rings. The molecule has 33 heavy (non-hydrogen) atoms. The molecule has 8 heteroatoms. The fourth-order valence-corrected chi connectivity index (χ4v) is 4.03. The molecule has 7 nitrogen and oxygen atoms in total. The third kappa shape index (κ3) is 4.11. The molecule has 0 saturated carbocycles. The average molecular weight is 450 g/mol. The summed E-state index contributed by atoms with van der Waals surface area (Å²) in [5, 5.41) is 18.0. The summed E-state index contributed by atoms with van der Waals surface area (Å²) in [7, 11) is 1.70. The van der Waals surface area contributed by atoms with Crippen molar-refractivity contribution in [1.29, 1.82) is 0 Å². The highest BCUT2D eigenvalue weighted by molar-refractivity contribution is 5.97. The first kappa shape index (κ1) is 22.3. The first-order valence-electron chi connectivity index (χ1n) is 10.7. The Morgan fingerprint density at radius 1 is 1.27 bits per heavy atom. The minimum absolute atomic E-state index is 0.197. The standard InChI is InChI=1S/C25H25FN4O3/c1-5-33-24-15(2)20(9-10-21(24)17-7-6-8-19(26)11-17)25(31)29(4)13-18-14-30(32)16(3)22-12-27-28-23(18)22/h6-12,14,32H,5,13H2,1-4H3/p+1. The predicted molar refractivity (Wildman–Crippen MR) is 122 cm³/mol. The summed E-state index contributed by atoms with van der Waals surface area (Å²) in [4.78, 5) is 14.9. The van der Waals surface area contributed by atoms with Crippen molar-refractivity contribution in [3.63, 3.8) is 0 Å². The van der Waals surface area contributed by atoms with Gasteiger partial charge in [-0.2, -0.15) is 5.10 Å². The van der Waals surface area contributed by atoms with E-state index in [9.17, 15) is 14.4 Å². The molecule has 2 aromatic carbocycles. The van der Waals surface area contributed by atoms with Gasteiger partial charge in [-0.05, 0) is 43.7 Å². The quantitative estimate of drug-likeness (QED) is 0.342. The maximum absolute atomic E-state index is 13.8. The van der Waals surface area contributed by atoms with Gasteiger partial charge in [0.05, 0.1) is 35.8 Å². The van der Waals surface area contributed by atoms with E-state index in [2.05, 4.69) is 10.2 Å². The Labute approximate surface area is 191 Å². The van der Waals surface area contributed by atoms with Crippen molar-refractivity contribution in [1.82, 2.24) is 15.1 Å². The minimum atomic E-state index is -0.336. The summed E-state index contributed by atoms with van der Waals surface area (Å²) in [6.45, 7) is 6.15. The fraction of sp³-hybridized carbons (Fsp3) is 0.240. The molecule has 170 valence electrons. The molecule has 4 rings (SSSR count). The van der Waals surface area contributed by atoms with Crippen LogP contribution in [0.5, 0.6) is 5.75 Å². The van der Waals surface area contributed by atoms with Crippen LogP contribution in [0.3, 0.4) is 0 Å². The largest absolute Gasteiger partial charge is 0.493 e. The van der Waals surface area contributed by atoms with Crippen LogP contribution in [0.25, 0.3) is 22.0 Å². The lowest BCUT2D eigenvalue weighted by Crippen LogP contribution is -2.35. The zero-order valence-electron chi connectivity index (χ0n) is 19.0. The van der Waals surface area contributed by atoms with E-state index in [0.717, 1.165) is 26.8 Å². The Hall–Kier alpha value is -3.94. The van der Waals surface area contributed by atoms with Crippen molar-refractivity contribution >= 4 is 16.8 Å². The lowest BCUT2D eigenvalue weighted by atomic mass is 9.97. The molecule has 0 saturated heterocycles. The first-order chi connectivity index (χ1) is 15.8. The number of aromatic nitrogens is 3. The van der Waals surface area contributed by atoms with Crippen LogP contribution in [0, 0.1) is 19.7 Å². The van der Waals surface area contributed by atoms with Crippen LogP contribution in [0.1, 0.15) is 34.1 Å². The number of aromatic amines is 1. The molecule has 0 atom stereocenters. The summed E-state index contributed by atoms with van der Waals surface area (Å²) >= 11 is 0. The molecule has 2 heterocycles. The third-order valence-corrected chi connectivity index (χ3v) is 5.79. The van der Waals surface area contributed by atoms with Gasteiger partial charge in [0.25, 0.3) is 5.91 Å². The van der Waals surface area contributed by atoms with Gasteiger partial charge in [0.1, 0.15) is 11.6 Å². The van der Waals surface area contributed by atoms with Crippen molar-refractivity contribution in [2.75, 3.05) is 13.7 Å². The molecular formula is C25H26FN4O3+. The molecule has 0 aliphatic heterocycles. The van der Waals surface area contributed by atoms with E-state index in [4.69, 9.17) is 4.74 Å². The minimum Gasteiger partial charge on any atom is -0.493 e. The summed E-state index contributed by atoms with van der Waals surface area (Å²) in [5.74, 6) is 0.0237. The lowest BCUT2D eigenvalue weighted by molar-refractivity contribution is -0.908. The van der Waals surface area contributed by atoms with Gasteiger partial charge >= 0.3 is 0 Å². The number of pyridine rings is 1. The summed E-state index contributed by atoms with van der Waals surface area (Å²) < 4.78 is 20.7. The van der Waals surface area contributed by atoms with Crippen molar-refractivity contribution in [3.05, 3.63) is 77.0 Å². The van der Waals surface area contributed by atoms with Gasteiger partial charge in [0.2, 0.25) is 11.9 Å². The Bertz CT molecular complexity index is 1350. The molecule has 4 aromatic rings. The molecule has 1 amide bonds. The number of ether oxygens (including phenoxy) is 1. The number of fused-ring (bicyclic) bond motifs is 1. The third-order valence-electron chi connectivity index (χ3n) is 5.79. The van der Waals surface area contributed by atoms with E-state index >= 15 is 0 Å². The number of H-pyrrole nitrogens is 1. The number of halogens is 1. The molecule has 0 spiro atoms. The number of hydrogen-bond donors (Lipinski definition) is 2. The normalized spacial score (nSPS) is 11.1. The highest BCUT2D eigenvalue weighted by Gasteiger charge is 2.23. The number of hydrogen-bond acceptors (Lipinski definition) is 4. The van der Waals surface area contributed by atoms with Crippen LogP contribution in [0.15, 0.2) is 48.8 Å². The Kier molecular flexibility index (Phi) is 6.00. The van der Waals surface area contributed by atoms with E-state index < -0.39 is 0 Å². The highest BCUT2D eigenvalue weighted by atomic mass is 19.1. The Morgan fingerprint density at radius 3 is 2.79 bits per heavy atom. The molecule has 0 bridgehead atoms. The highest BCUT2D eigenvalue weighted by Crippen LogP contribution is 2.36. The number of nitrogens with one attached hydrogen (secondary N) is 1. The average Bonchev–Trinajstić information content (AvgIpc) is 3.29. The molecule has 0 aliphatic rings. The second-order valence-corrected chi connectivity index (χ2v) is 7.96. The maximum Gasteiger partial charge on any atom is 0.254 e. The predicted octanol–water partition coefficient (Wildman–Crippen LogP) is 4.18. The zero-order valence-corrected chi connectivity index (χ0v) is 19.0. The lowest BCUT2D eigenvalue weighted by Gasteiger charge is -2.21. The van der Waals surface area contributed by atoms with E-state index in [1.807, 2.05) is 19.9 Å². The van der Waals surface area contributed by atoms with Gasteiger partial charge < -0.3 is 9.64 Å². The van der Waals surface area contributed by atoms with Crippen LogP contribution in [0.4, 0.5) is 4.39 Å². The van der Waals surface area contributed by atoms with Gasteiger partial charge in [0, 0.05) is 35.4 Å². The van der Waals surface area contributed by atoms with Gasteiger partial charge in [-0.1, -0.05) is 12.1 Å². The van der Waals surface area contributed by atoms with E-state index in [1.165, 1.54) is 12.1 Å². The van der Waals surface area contributed by atoms with Crippen LogP contribution >= 0.6 is 0 Å². The van der Waals surface area contributed by atoms with E-state index in [-0.39, 0.29) is 18.3 Å². The van der Waals surface area contributed by atoms with E-state index in [1.54, 1.807) is 49.5 Å². The fourth-order valence-electron chi connectivity index (χ4n) is 4.03. The molecular weight excluding hydrogens is 423 g/mol. The first-order valence-corrected chi connectivity index (χ1v) is 10.7. The number of benzene rings is 2. The van der Waals surface area contributed by atoms with Crippen molar-refractivity contribution in [2.24, 2.45) is 0 Å². The zero-order chi connectivity index (χ0) is 23.7. The Balaban J connectivity index is 1.69.